The zero-order valence-corrected chi connectivity index (χ0v) is 31.3. The minimum absolute atomic E-state index is 0.109. The first kappa shape index (κ1) is 37.8. The van der Waals surface area contributed by atoms with Crippen LogP contribution in [-0.4, -0.2) is 6.55 Å². The summed E-state index contributed by atoms with van der Waals surface area (Å²) in [5, 5.41) is 2.73. The van der Waals surface area contributed by atoms with Crippen molar-refractivity contribution in [1.82, 2.24) is 0 Å². The van der Waals surface area contributed by atoms with Crippen LogP contribution < -0.4 is 31.5 Å². The van der Waals surface area contributed by atoms with Gasteiger partial charge in [0.2, 0.25) is 29.1 Å². The van der Waals surface area contributed by atoms with E-state index < -0.39 is 88.9 Å². The molecule has 1 heterocycles. The molecular weight excluding hydrogens is 768 g/mol. The van der Waals surface area contributed by atoms with Crippen molar-refractivity contribution < 1.29 is 53.0 Å². The zero-order valence-electron chi connectivity index (χ0n) is 30.4. The third kappa shape index (κ3) is 4.86. The van der Waals surface area contributed by atoms with Crippen molar-refractivity contribution in [3.8, 4) is 5.75 Å². The number of aryl methyl sites for hydroxylation is 6. The highest BCUT2D eigenvalue weighted by Crippen LogP contribution is 2.62. The van der Waals surface area contributed by atoms with E-state index >= 15 is 35.1 Å². The summed E-state index contributed by atoms with van der Waals surface area (Å²) in [5.74, 6) is -27.2. The maximum atomic E-state index is 16.8. The monoisotopic (exact) mass is 796 g/mol. The Balaban J connectivity index is 1.71. The molecule has 2 nitrogen and oxygen atoms in total. The smallest absolute Gasteiger partial charge is 0.396 e. The van der Waals surface area contributed by atoms with Gasteiger partial charge in [0.15, 0.2) is 30.7 Å². The lowest BCUT2D eigenvalue weighted by molar-refractivity contribution is 0.329. The minimum Gasteiger partial charge on any atom is -0.679 e. The molecule has 8 rings (SSSR count). The van der Waals surface area contributed by atoms with Gasteiger partial charge in [-0.2, -0.15) is 8.78 Å². The molecule has 6 aromatic rings. The van der Waals surface area contributed by atoms with E-state index in [9.17, 15) is 8.78 Å². The summed E-state index contributed by atoms with van der Waals surface area (Å²) in [6, 6.07) is 16.4. The van der Waals surface area contributed by atoms with Gasteiger partial charge in [-0.3, -0.25) is 0 Å². The minimum atomic E-state index is -4.78. The maximum absolute atomic E-state index is 16.8. The Labute approximate surface area is 313 Å². The lowest BCUT2D eigenvalue weighted by Crippen LogP contribution is -2.69. The molecule has 0 bridgehead atoms. The van der Waals surface area contributed by atoms with Gasteiger partial charge in [0.05, 0.1) is 0 Å². The van der Waals surface area contributed by atoms with E-state index in [0.717, 1.165) is 17.2 Å². The molecule has 0 unspecified atom stereocenters. The molecular formula is C42H28BF10O2P. The molecule has 6 aromatic carbocycles. The van der Waals surface area contributed by atoms with Crippen molar-refractivity contribution in [3.05, 3.63) is 173 Å². The van der Waals surface area contributed by atoms with Crippen LogP contribution in [0.5, 0.6) is 5.75 Å². The lowest BCUT2D eigenvalue weighted by Gasteiger charge is -2.46. The summed E-state index contributed by atoms with van der Waals surface area (Å²) in [4.78, 5) is 0. The van der Waals surface area contributed by atoms with Crippen LogP contribution in [0.3, 0.4) is 0 Å². The van der Waals surface area contributed by atoms with Gasteiger partial charge in [-0.1, -0.05) is 71.2 Å². The van der Waals surface area contributed by atoms with Gasteiger partial charge in [0.1, 0.15) is 27.5 Å². The molecule has 0 spiro atoms. The summed E-state index contributed by atoms with van der Waals surface area (Å²) >= 11 is 0. The molecule has 1 aliphatic heterocycles. The number of hydrogen-bond acceptors (Lipinski definition) is 2. The van der Waals surface area contributed by atoms with Crippen molar-refractivity contribution in [3.63, 3.8) is 0 Å². The van der Waals surface area contributed by atoms with E-state index in [-0.39, 0.29) is 5.22 Å². The fourth-order valence-electron chi connectivity index (χ4n) is 8.91. The van der Waals surface area contributed by atoms with E-state index in [1.807, 2.05) is 13.8 Å². The summed E-state index contributed by atoms with van der Waals surface area (Å²) in [6.45, 7) is 5.79. The van der Waals surface area contributed by atoms with Gasteiger partial charge in [-0.05, 0) is 85.5 Å². The Morgan fingerprint density at radius 3 is 1.34 bits per heavy atom. The molecule has 0 N–H and O–H groups in total. The second-order valence-electron chi connectivity index (χ2n) is 14.4. The maximum Gasteiger partial charge on any atom is 0.396 e. The van der Waals surface area contributed by atoms with Crippen molar-refractivity contribution in [2.45, 2.75) is 41.5 Å². The van der Waals surface area contributed by atoms with Gasteiger partial charge in [0.25, 0.3) is 0 Å². The highest BCUT2D eigenvalue weighted by Gasteiger charge is 2.60. The quantitative estimate of drug-likeness (QED) is 0.0571. The van der Waals surface area contributed by atoms with E-state index in [1.54, 1.807) is 76.2 Å². The van der Waals surface area contributed by atoms with E-state index in [0.29, 0.717) is 53.8 Å². The van der Waals surface area contributed by atoms with Gasteiger partial charge in [-0.25, -0.2) is 35.1 Å². The van der Waals surface area contributed by atoms with Crippen molar-refractivity contribution in [1.29, 1.82) is 0 Å². The number of rotatable bonds is 5. The van der Waals surface area contributed by atoms with Crippen molar-refractivity contribution in [2.24, 2.45) is 0 Å². The van der Waals surface area contributed by atoms with Crippen molar-refractivity contribution in [2.75, 3.05) is 0 Å². The molecule has 1 aliphatic carbocycles. The summed E-state index contributed by atoms with van der Waals surface area (Å²) < 4.78 is 169. The molecule has 14 heteroatoms. The molecule has 1 atom stereocenters. The Kier molecular flexibility index (Phi) is 8.57. The largest absolute Gasteiger partial charge is 0.679 e. The van der Waals surface area contributed by atoms with Crippen LogP contribution in [0.2, 0.25) is 0 Å². The number of benzene rings is 6. The van der Waals surface area contributed by atoms with Crippen LogP contribution in [0.4, 0.5) is 43.9 Å². The van der Waals surface area contributed by atoms with Crippen LogP contribution in [0.1, 0.15) is 33.4 Å². The number of hydrogen-bond donors (Lipinski definition) is 0. The highest BCUT2D eigenvalue weighted by atomic mass is 31.2. The topological polar surface area (TPSA) is 18.5 Å². The molecule has 2 aliphatic rings. The zero-order chi connectivity index (χ0) is 40.5. The van der Waals surface area contributed by atoms with Gasteiger partial charge in [0, 0.05) is 5.22 Å². The Hall–Kier alpha value is -5.13. The summed E-state index contributed by atoms with van der Waals surface area (Å²) in [7, 11) is -4.21. The summed E-state index contributed by atoms with van der Waals surface area (Å²) in [6.07, 6.45) is 0. The molecule has 286 valence electrons. The molecule has 0 amide bonds. The average Bonchev–Trinajstić information content (AvgIpc) is 3.23. The first-order valence-electron chi connectivity index (χ1n) is 17.3. The molecule has 0 saturated heterocycles. The second kappa shape index (κ2) is 12.7. The third-order valence-electron chi connectivity index (χ3n) is 10.7. The fraction of sp³-hybridized carbons (Fsp3) is 0.143. The first-order valence-corrected chi connectivity index (χ1v) is 19.0. The van der Waals surface area contributed by atoms with Crippen LogP contribution in [0.15, 0.2) is 60.7 Å². The van der Waals surface area contributed by atoms with E-state index in [1.165, 1.54) is 6.07 Å². The van der Waals surface area contributed by atoms with Crippen molar-refractivity contribution >= 4 is 40.9 Å². The third-order valence-corrected chi connectivity index (χ3v) is 15.0. The molecule has 0 saturated carbocycles. The standard InChI is InChI=1S/C42H28BF10O2P/c1-17-13-19(3)41(20(4)14-17)56(42-21(5)15-18(2)16-22(42)6)26-12-8-10-24-23-9-7-11-25(27(23)28(24)26)43(55-56,29-30(44)32(46)34(48)33(47)31(29)45)54-40-38(52)36(50)35(49)37(51)39(40)53/h7-16H,1-6H3/t43-/m0/s1. The lowest BCUT2D eigenvalue weighted by atomic mass is 9.45. The fourth-order valence-corrected chi connectivity index (χ4v) is 13.7. The van der Waals surface area contributed by atoms with Gasteiger partial charge >= 0.3 is 6.55 Å². The van der Waals surface area contributed by atoms with Crippen LogP contribution in [-0.2, 0) is 4.44 Å². The molecule has 56 heavy (non-hydrogen) atoms. The average molecular weight is 796 g/mol. The highest BCUT2D eigenvalue weighted by molar-refractivity contribution is 7.93. The Bertz CT molecular complexity index is 2810. The predicted octanol–water partition coefficient (Wildman–Crippen LogP) is 8.69. The Morgan fingerprint density at radius 1 is 0.482 bits per heavy atom. The summed E-state index contributed by atoms with van der Waals surface area (Å²) in [5.41, 5.74) is 1.52. The van der Waals surface area contributed by atoms with Crippen LogP contribution in [0, 0.1) is 121 Å². The van der Waals surface area contributed by atoms with E-state index in [4.69, 9.17) is 9.10 Å². The van der Waals surface area contributed by atoms with Crippen LogP contribution in [0.25, 0.3) is 0 Å². The Morgan fingerprint density at radius 2 is 0.875 bits per heavy atom. The SMILES string of the molecule is Cc1cc(C)c([P+]2(c3c(C)cc(C)cc3C)O[B@-](Oc3c(F)c(F)c(F)c(F)c3F)(c3c(F)c(F)c(F)c(F)c3F)c3cccc4c3=c3c2cccc3=4)c(C)c1. The van der Waals surface area contributed by atoms with Crippen LogP contribution >= 0.6 is 7.49 Å². The second-order valence-corrected chi connectivity index (χ2v) is 17.2. The molecule has 0 fully saturated rings. The number of halogens is 10. The predicted molar refractivity (Wildman–Crippen MR) is 195 cm³/mol. The first-order chi connectivity index (χ1) is 26.4. The molecule has 0 aromatic heterocycles. The van der Waals surface area contributed by atoms with E-state index in [2.05, 4.69) is 0 Å². The molecule has 0 radical (unpaired) electrons. The van der Waals surface area contributed by atoms with Gasteiger partial charge < -0.3 is 9.10 Å². The van der Waals surface area contributed by atoms with Gasteiger partial charge in [-0.15, -0.1) is 5.46 Å². The normalized spacial score (nSPS) is 16.4.